The van der Waals surface area contributed by atoms with Crippen molar-refractivity contribution < 1.29 is 4.74 Å². The van der Waals surface area contributed by atoms with Gasteiger partial charge in [0, 0.05) is 27.8 Å². The normalized spacial score (nSPS) is 12.7. The molecule has 0 unspecified atom stereocenters. The Morgan fingerprint density at radius 2 is 0.759 bits per heavy atom. The second kappa shape index (κ2) is 13.4. The van der Waals surface area contributed by atoms with E-state index >= 15 is 0 Å². The van der Waals surface area contributed by atoms with Crippen LogP contribution in [0.25, 0.3) is 67.5 Å². The maximum absolute atomic E-state index is 9.28. The van der Waals surface area contributed by atoms with Crippen LogP contribution in [0.2, 0.25) is 0 Å². The number of nitriles is 1. The largest absolute Gasteiger partial charge is 0.457 e. The van der Waals surface area contributed by atoms with Crippen LogP contribution in [-0.2, 0) is 5.41 Å². The molecule has 2 heterocycles. The third-order valence-corrected chi connectivity index (χ3v) is 11.5. The van der Waals surface area contributed by atoms with Crippen molar-refractivity contribution in [1.29, 1.82) is 5.26 Å². The molecule has 11 rings (SSSR count). The molecule has 0 fully saturated rings. The average Bonchev–Trinajstić information content (AvgIpc) is 3.59. The Hall–Kier alpha value is -7.94. The summed E-state index contributed by atoms with van der Waals surface area (Å²) in [5, 5.41) is 9.28. The molecule has 0 atom stereocenters. The van der Waals surface area contributed by atoms with Crippen molar-refractivity contribution in [3.63, 3.8) is 0 Å². The molecule has 58 heavy (non-hydrogen) atoms. The van der Waals surface area contributed by atoms with Crippen LogP contribution in [0.3, 0.4) is 0 Å². The Morgan fingerprint density at radius 3 is 1.28 bits per heavy atom. The molecule has 0 bridgehead atoms. The van der Waals surface area contributed by atoms with Crippen molar-refractivity contribution in [3.8, 4) is 85.1 Å². The minimum atomic E-state index is -0.615. The Labute approximate surface area is 336 Å². The molecule has 8 aromatic carbocycles. The number of rotatable bonds is 5. The zero-order valence-corrected chi connectivity index (χ0v) is 31.2. The van der Waals surface area contributed by atoms with Gasteiger partial charge in [-0.3, -0.25) is 0 Å². The SMILES string of the molecule is N#Cc1ccc(-c2ccc(-c3ccc4c(c3)-c3cc(-c5nc(-c6ccccc6)nc(-c6ccccc6)n5)ccc3C43c4ccccc4Oc4ccccc43)cc2)cc1. The number of ether oxygens (including phenoxy) is 1. The fourth-order valence-electron chi connectivity index (χ4n) is 8.76. The van der Waals surface area contributed by atoms with Gasteiger partial charge in [0.2, 0.25) is 0 Å². The number of para-hydroxylation sites is 2. The minimum Gasteiger partial charge on any atom is -0.457 e. The highest BCUT2D eigenvalue weighted by Gasteiger charge is 2.51. The molecule has 0 saturated carbocycles. The molecule has 1 aliphatic heterocycles. The van der Waals surface area contributed by atoms with Gasteiger partial charge in [-0.1, -0.05) is 158 Å². The first-order valence-electron chi connectivity index (χ1n) is 19.3. The summed E-state index contributed by atoms with van der Waals surface area (Å²) in [7, 11) is 0. The van der Waals surface area contributed by atoms with Gasteiger partial charge in [-0.25, -0.2) is 15.0 Å². The molecule has 1 aromatic heterocycles. The molecule has 0 N–H and O–H groups in total. The number of nitrogens with zero attached hydrogens (tertiary/aromatic N) is 4. The molecule has 270 valence electrons. The average molecular weight is 741 g/mol. The van der Waals surface area contributed by atoms with Crippen molar-refractivity contribution in [2.45, 2.75) is 5.41 Å². The van der Waals surface area contributed by atoms with Crippen LogP contribution in [0, 0.1) is 11.3 Å². The highest BCUT2D eigenvalue weighted by molar-refractivity contribution is 5.92. The monoisotopic (exact) mass is 740 g/mol. The summed E-state index contributed by atoms with van der Waals surface area (Å²) in [5.74, 6) is 3.56. The lowest BCUT2D eigenvalue weighted by molar-refractivity contribution is 0.436. The van der Waals surface area contributed by atoms with Gasteiger partial charge in [0.1, 0.15) is 11.5 Å². The third-order valence-electron chi connectivity index (χ3n) is 11.5. The first-order valence-corrected chi connectivity index (χ1v) is 19.3. The number of hydrogen-bond donors (Lipinski definition) is 0. The Bertz CT molecular complexity index is 2980. The summed E-state index contributed by atoms with van der Waals surface area (Å²) in [6, 6.07) is 69.2. The minimum absolute atomic E-state index is 0.611. The second-order valence-corrected chi connectivity index (χ2v) is 14.7. The summed E-state index contributed by atoms with van der Waals surface area (Å²) >= 11 is 0. The molecule has 9 aromatic rings. The van der Waals surface area contributed by atoms with Crippen LogP contribution in [0.5, 0.6) is 11.5 Å². The van der Waals surface area contributed by atoms with Crippen LogP contribution < -0.4 is 4.74 Å². The predicted molar refractivity (Wildman–Crippen MR) is 229 cm³/mol. The number of fused-ring (bicyclic) bond motifs is 9. The van der Waals surface area contributed by atoms with Crippen molar-refractivity contribution >= 4 is 0 Å². The van der Waals surface area contributed by atoms with Gasteiger partial charge < -0.3 is 4.74 Å². The summed E-state index contributed by atoms with van der Waals surface area (Å²) < 4.78 is 6.61. The summed E-state index contributed by atoms with van der Waals surface area (Å²) in [6.45, 7) is 0. The molecule has 0 saturated heterocycles. The van der Waals surface area contributed by atoms with Gasteiger partial charge in [0.15, 0.2) is 17.5 Å². The summed E-state index contributed by atoms with van der Waals surface area (Å²) in [6.07, 6.45) is 0. The van der Waals surface area contributed by atoms with E-state index in [1.807, 2.05) is 97.1 Å². The smallest absolute Gasteiger partial charge is 0.164 e. The van der Waals surface area contributed by atoms with Crippen LogP contribution in [0.15, 0.2) is 194 Å². The van der Waals surface area contributed by atoms with Gasteiger partial charge in [-0.15, -0.1) is 0 Å². The molecule has 0 radical (unpaired) electrons. The van der Waals surface area contributed by atoms with Gasteiger partial charge in [0.05, 0.1) is 17.0 Å². The molecule has 5 heteroatoms. The van der Waals surface area contributed by atoms with E-state index in [0.29, 0.717) is 23.0 Å². The fourth-order valence-corrected chi connectivity index (χ4v) is 8.76. The second-order valence-electron chi connectivity index (χ2n) is 14.7. The number of aromatic nitrogens is 3. The van der Waals surface area contributed by atoms with Gasteiger partial charge in [0.25, 0.3) is 0 Å². The summed E-state index contributed by atoms with van der Waals surface area (Å²) in [5.41, 5.74) is 14.1. The zero-order chi connectivity index (χ0) is 38.6. The maximum atomic E-state index is 9.28. The van der Waals surface area contributed by atoms with Crippen LogP contribution in [0.1, 0.15) is 27.8 Å². The number of hydrogen-bond acceptors (Lipinski definition) is 5. The molecule has 5 nitrogen and oxygen atoms in total. The molecule has 1 spiro atoms. The lowest BCUT2D eigenvalue weighted by atomic mass is 9.66. The Kier molecular flexibility index (Phi) is 7.70. The number of benzene rings is 8. The van der Waals surface area contributed by atoms with Crippen molar-refractivity contribution in [2.75, 3.05) is 0 Å². The predicted octanol–water partition coefficient (Wildman–Crippen LogP) is 12.5. The maximum Gasteiger partial charge on any atom is 0.164 e. The van der Waals surface area contributed by atoms with Crippen molar-refractivity contribution in [3.05, 3.63) is 222 Å². The molecule has 2 aliphatic rings. The fraction of sp³-hybridized carbons (Fsp3) is 0.0189. The first-order chi connectivity index (χ1) is 28.7. The quantitative estimate of drug-likeness (QED) is 0.176. The van der Waals surface area contributed by atoms with Crippen molar-refractivity contribution in [1.82, 2.24) is 15.0 Å². The van der Waals surface area contributed by atoms with Crippen LogP contribution in [0.4, 0.5) is 0 Å². The Balaban J connectivity index is 1.12. The van der Waals surface area contributed by atoms with Gasteiger partial charge in [-0.2, -0.15) is 5.26 Å². The van der Waals surface area contributed by atoms with E-state index in [-0.39, 0.29) is 0 Å². The Morgan fingerprint density at radius 1 is 0.362 bits per heavy atom. The lowest BCUT2D eigenvalue weighted by Gasteiger charge is -2.39. The van der Waals surface area contributed by atoms with Crippen molar-refractivity contribution in [2.24, 2.45) is 0 Å². The van der Waals surface area contributed by atoms with Gasteiger partial charge >= 0.3 is 0 Å². The summed E-state index contributed by atoms with van der Waals surface area (Å²) in [4.78, 5) is 15.2. The standard InChI is InChI=1S/C53H32N4O/c54-33-34-19-21-35(22-20-34)36-23-25-37(26-24-36)40-27-29-44-42(31-40)43-32-41(52-56-50(38-11-3-1-4-12-38)55-51(57-52)39-13-5-2-6-14-39)28-30-45(43)53(44)46-15-7-9-17-48(46)58-49-18-10-8-16-47(49)53/h1-32H. The van der Waals surface area contributed by atoms with E-state index in [0.717, 1.165) is 72.7 Å². The highest BCUT2D eigenvalue weighted by atomic mass is 16.5. The highest BCUT2D eigenvalue weighted by Crippen LogP contribution is 2.62. The van der Waals surface area contributed by atoms with E-state index in [1.54, 1.807) is 0 Å². The van der Waals surface area contributed by atoms with Gasteiger partial charge in [-0.05, 0) is 80.9 Å². The molecular weight excluding hydrogens is 709 g/mol. The van der Waals surface area contributed by atoms with Crippen LogP contribution in [-0.4, -0.2) is 15.0 Å². The molecular formula is C53H32N4O. The van der Waals surface area contributed by atoms with E-state index in [9.17, 15) is 5.26 Å². The lowest BCUT2D eigenvalue weighted by Crippen LogP contribution is -2.32. The van der Waals surface area contributed by atoms with E-state index in [4.69, 9.17) is 19.7 Å². The first kappa shape index (κ1) is 33.4. The van der Waals surface area contributed by atoms with E-state index < -0.39 is 5.41 Å². The topological polar surface area (TPSA) is 71.7 Å². The third kappa shape index (κ3) is 5.27. The molecule has 0 amide bonds. The van der Waals surface area contributed by atoms with Crippen LogP contribution >= 0.6 is 0 Å². The van der Waals surface area contributed by atoms with E-state index in [1.165, 1.54) is 11.1 Å². The molecule has 1 aliphatic carbocycles. The van der Waals surface area contributed by atoms with E-state index in [2.05, 4.69) is 103 Å². The zero-order valence-electron chi connectivity index (χ0n) is 31.2.